The Labute approximate surface area is 260 Å². The van der Waals surface area contributed by atoms with Crippen molar-refractivity contribution in [3.63, 3.8) is 0 Å². The van der Waals surface area contributed by atoms with Gasteiger partial charge in [-0.15, -0.1) is 0 Å². The number of hydrogen-bond donors (Lipinski definition) is 3. The van der Waals surface area contributed by atoms with E-state index in [2.05, 4.69) is 15.6 Å². The molecule has 9 nitrogen and oxygen atoms in total. The summed E-state index contributed by atoms with van der Waals surface area (Å²) in [6.07, 6.45) is -2.03. The second kappa shape index (κ2) is 12.7. The van der Waals surface area contributed by atoms with Crippen LogP contribution in [0.25, 0.3) is 5.57 Å². The highest BCUT2D eigenvalue weighted by molar-refractivity contribution is 5.99. The van der Waals surface area contributed by atoms with Crippen molar-refractivity contribution in [2.45, 2.75) is 56.2 Å². The molecule has 248 valence electrons. The number of carbonyl (C=O) groups excluding carboxylic acids is 2. The van der Waals surface area contributed by atoms with E-state index >= 15 is 4.39 Å². The van der Waals surface area contributed by atoms with Gasteiger partial charge in [-0.3, -0.25) is 24.2 Å². The maximum absolute atomic E-state index is 16.3. The largest absolute Gasteiger partial charge is 0.417 e. The molecule has 3 heterocycles. The fraction of sp³-hybridized carbons (Fsp3) is 0.452. The molecule has 46 heavy (non-hydrogen) atoms. The van der Waals surface area contributed by atoms with Crippen LogP contribution in [-0.2, 0) is 15.7 Å². The normalized spacial score (nSPS) is 27.6. The number of rotatable bonds is 6. The molecule has 1 aromatic carbocycles. The van der Waals surface area contributed by atoms with Crippen molar-refractivity contribution in [2.75, 3.05) is 33.4 Å². The highest BCUT2D eigenvalue weighted by atomic mass is 19.4. The lowest BCUT2D eigenvalue weighted by molar-refractivity contribution is -0.138. The van der Waals surface area contributed by atoms with E-state index < -0.39 is 69.8 Å². The number of alkyl halides is 3. The third-order valence-electron chi connectivity index (χ3n) is 8.86. The van der Waals surface area contributed by atoms with Crippen LogP contribution in [0.1, 0.15) is 41.8 Å². The number of hydrogen-bond acceptors (Lipinski definition) is 6. The van der Waals surface area contributed by atoms with E-state index in [1.165, 1.54) is 0 Å². The minimum Gasteiger partial charge on any atom is -0.379 e. The van der Waals surface area contributed by atoms with Gasteiger partial charge in [-0.25, -0.2) is 13.2 Å². The van der Waals surface area contributed by atoms with E-state index in [0.29, 0.717) is 25.3 Å². The number of benzene rings is 1. The summed E-state index contributed by atoms with van der Waals surface area (Å²) < 4.78 is 92.0. The SMILES string of the molecule is C[C@@H]1CN(C2(C(=O)N[C@@H]3CCOC3)C=C(F)C(c3cc(F)cc(F)c3)=CC2NC(=O)c2c[nH]c(=O)cc2C(F)(F)F)C[C@H](C)N1C. The lowest BCUT2D eigenvalue weighted by Crippen LogP contribution is -2.73. The molecule has 3 aliphatic rings. The molecule has 5 atom stereocenters. The highest BCUT2D eigenvalue weighted by Gasteiger charge is 2.54. The molecule has 2 aromatic rings. The Hall–Kier alpha value is -3.95. The molecule has 0 bridgehead atoms. The van der Waals surface area contributed by atoms with Crippen LogP contribution < -0.4 is 16.2 Å². The minimum atomic E-state index is -5.10. The van der Waals surface area contributed by atoms with Gasteiger partial charge in [0.15, 0.2) is 0 Å². The Morgan fingerprint density at radius 3 is 2.26 bits per heavy atom. The monoisotopic (exact) mass is 653 g/mol. The summed E-state index contributed by atoms with van der Waals surface area (Å²) >= 11 is 0. The lowest BCUT2D eigenvalue weighted by atomic mass is 9.78. The van der Waals surface area contributed by atoms with Crippen LogP contribution in [-0.4, -0.2) is 89.7 Å². The van der Waals surface area contributed by atoms with Crippen molar-refractivity contribution in [2.24, 2.45) is 0 Å². The number of amides is 2. The zero-order valence-electron chi connectivity index (χ0n) is 25.2. The van der Waals surface area contributed by atoms with Gasteiger partial charge in [0, 0.05) is 55.7 Å². The van der Waals surface area contributed by atoms with Crippen LogP contribution in [0, 0.1) is 11.6 Å². The fourth-order valence-corrected chi connectivity index (χ4v) is 6.24. The first kappa shape index (κ1) is 33.4. The van der Waals surface area contributed by atoms with Crippen LogP contribution in [0.2, 0.25) is 0 Å². The van der Waals surface area contributed by atoms with Crippen molar-refractivity contribution in [3.8, 4) is 0 Å². The van der Waals surface area contributed by atoms with Crippen molar-refractivity contribution in [1.29, 1.82) is 0 Å². The van der Waals surface area contributed by atoms with Crippen LogP contribution in [0.3, 0.4) is 0 Å². The van der Waals surface area contributed by atoms with Gasteiger partial charge in [-0.1, -0.05) is 0 Å². The van der Waals surface area contributed by atoms with E-state index in [1.807, 2.05) is 25.8 Å². The average molecular weight is 654 g/mol. The Kier molecular flexibility index (Phi) is 9.21. The third-order valence-corrected chi connectivity index (χ3v) is 8.86. The van der Waals surface area contributed by atoms with Crippen LogP contribution in [0.5, 0.6) is 0 Å². The number of nitrogens with zero attached hydrogens (tertiary/aromatic N) is 2. The van der Waals surface area contributed by atoms with Gasteiger partial charge < -0.3 is 20.4 Å². The van der Waals surface area contributed by atoms with Crippen LogP contribution in [0.15, 0.2) is 53.2 Å². The summed E-state index contributed by atoms with van der Waals surface area (Å²) in [6, 6.07) is 0.108. The molecule has 2 aliphatic heterocycles. The zero-order valence-corrected chi connectivity index (χ0v) is 25.2. The van der Waals surface area contributed by atoms with Gasteiger partial charge in [0.25, 0.3) is 5.91 Å². The maximum atomic E-state index is 16.3. The second-order valence-electron chi connectivity index (χ2n) is 11.9. The fourth-order valence-electron chi connectivity index (χ4n) is 6.24. The number of halogens is 6. The predicted molar refractivity (Wildman–Crippen MR) is 155 cm³/mol. The van der Waals surface area contributed by atoms with E-state index in [-0.39, 0.29) is 49.0 Å². The van der Waals surface area contributed by atoms with Crippen LogP contribution in [0.4, 0.5) is 26.3 Å². The first-order valence-electron chi connectivity index (χ1n) is 14.6. The summed E-state index contributed by atoms with van der Waals surface area (Å²) in [5.74, 6) is -5.17. The topological polar surface area (TPSA) is 107 Å². The molecule has 5 rings (SSSR count). The molecule has 2 unspecified atom stereocenters. The minimum absolute atomic E-state index is 0.163. The smallest absolute Gasteiger partial charge is 0.379 e. The standard InChI is InChI=1S/C31H33F6N5O4/c1-16-13-42(14-17(2)41(16)3)30(29(45)39-21-4-5-46-15-21)11-25(34)22(18-6-19(32)8-20(33)7-18)9-26(30)40-28(44)23-12-38-27(43)10-24(23)31(35,36)37/h6-12,16-17,21,26H,4-5,13-15H2,1-3H3,(H,38,43)(H,39,45)(H,40,44)/t16-,17+,21-,26?,30?/m1/s1. The number of nitrogens with one attached hydrogen (secondary N) is 3. The number of allylic oxidation sites excluding steroid dienone is 2. The quantitative estimate of drug-likeness (QED) is 0.413. The molecule has 3 N–H and O–H groups in total. The molecular formula is C31H33F6N5O4. The van der Waals surface area contributed by atoms with Crippen molar-refractivity contribution in [3.05, 3.63) is 87.1 Å². The summed E-state index contributed by atoms with van der Waals surface area (Å²) in [6.45, 7) is 4.62. The summed E-state index contributed by atoms with van der Waals surface area (Å²) in [7, 11) is 1.87. The summed E-state index contributed by atoms with van der Waals surface area (Å²) in [5.41, 5.74) is -6.28. The average Bonchev–Trinajstić information content (AvgIpc) is 3.48. The predicted octanol–water partition coefficient (Wildman–Crippen LogP) is 3.39. The van der Waals surface area contributed by atoms with E-state index in [4.69, 9.17) is 4.74 Å². The molecule has 15 heteroatoms. The van der Waals surface area contributed by atoms with Crippen molar-refractivity contribution >= 4 is 17.4 Å². The Bertz CT molecular complexity index is 1600. The maximum Gasteiger partial charge on any atom is 0.417 e. The van der Waals surface area contributed by atoms with E-state index in [9.17, 15) is 36.3 Å². The first-order chi connectivity index (χ1) is 21.6. The van der Waals surface area contributed by atoms with Gasteiger partial charge in [-0.05, 0) is 57.2 Å². The number of ether oxygens (including phenoxy) is 1. The van der Waals surface area contributed by atoms with Gasteiger partial charge >= 0.3 is 6.18 Å². The van der Waals surface area contributed by atoms with Crippen molar-refractivity contribution in [1.82, 2.24) is 25.4 Å². The van der Waals surface area contributed by atoms with Gasteiger partial charge in [0.2, 0.25) is 11.5 Å². The first-order valence-corrected chi connectivity index (χ1v) is 14.6. The highest BCUT2D eigenvalue weighted by Crippen LogP contribution is 2.40. The Morgan fingerprint density at radius 2 is 1.67 bits per heavy atom. The molecule has 0 radical (unpaired) electrons. The number of piperazine rings is 1. The van der Waals surface area contributed by atoms with Crippen molar-refractivity contribution < 1.29 is 40.7 Å². The molecule has 1 aliphatic carbocycles. The summed E-state index contributed by atoms with van der Waals surface area (Å²) in [5, 5.41) is 5.32. The molecule has 0 saturated carbocycles. The number of H-pyrrole nitrogens is 1. The molecule has 0 spiro atoms. The number of likely N-dealkylation sites (N-methyl/N-ethyl adjacent to an activating group) is 1. The van der Waals surface area contributed by atoms with Crippen LogP contribution >= 0.6 is 0 Å². The number of aromatic nitrogens is 1. The number of carbonyl (C=O) groups is 2. The summed E-state index contributed by atoms with van der Waals surface area (Å²) in [4.78, 5) is 45.6. The molecule has 2 fully saturated rings. The Balaban J connectivity index is 1.69. The number of pyridine rings is 1. The van der Waals surface area contributed by atoms with E-state index in [1.54, 1.807) is 4.90 Å². The van der Waals surface area contributed by atoms with E-state index in [0.717, 1.165) is 24.3 Å². The molecular weight excluding hydrogens is 620 g/mol. The number of aromatic amines is 1. The zero-order chi connectivity index (χ0) is 33.6. The molecule has 1 aromatic heterocycles. The third kappa shape index (κ3) is 6.48. The van der Waals surface area contributed by atoms with Gasteiger partial charge in [-0.2, -0.15) is 13.2 Å². The molecule has 2 saturated heterocycles. The lowest BCUT2D eigenvalue weighted by Gasteiger charge is -2.52. The Morgan fingerprint density at radius 1 is 1.02 bits per heavy atom. The van der Waals surface area contributed by atoms with Gasteiger partial charge in [0.1, 0.15) is 23.0 Å². The van der Waals surface area contributed by atoms with Gasteiger partial charge in [0.05, 0.1) is 29.8 Å². The second-order valence-corrected chi connectivity index (χ2v) is 11.9. The molecule has 2 amide bonds.